The molecule has 3 atom stereocenters. The first-order valence-corrected chi connectivity index (χ1v) is 11.0. The zero-order valence-corrected chi connectivity index (χ0v) is 18.2. The Morgan fingerprint density at radius 1 is 0.794 bits per heavy atom. The Morgan fingerprint density at radius 2 is 1.38 bits per heavy atom. The number of para-hydroxylation sites is 1. The predicted octanol–water partition coefficient (Wildman–Crippen LogP) is 4.17. The Kier molecular flexibility index (Phi) is 4.40. The van der Waals surface area contributed by atoms with Gasteiger partial charge in [0.15, 0.2) is 0 Å². The molecule has 2 aliphatic heterocycles. The molecule has 34 heavy (non-hydrogen) atoms. The Bertz CT molecular complexity index is 1380. The molecule has 0 aromatic heterocycles. The van der Waals surface area contributed by atoms with E-state index in [-0.39, 0.29) is 16.8 Å². The summed E-state index contributed by atoms with van der Waals surface area (Å²) in [6.45, 7) is 0. The maximum atomic E-state index is 14.6. The van der Waals surface area contributed by atoms with Crippen LogP contribution in [0.1, 0.15) is 32.4 Å². The molecule has 168 valence electrons. The van der Waals surface area contributed by atoms with Crippen molar-refractivity contribution in [1.29, 1.82) is 0 Å². The van der Waals surface area contributed by atoms with Gasteiger partial charge in [0.05, 0.1) is 23.6 Å². The van der Waals surface area contributed by atoms with Crippen molar-refractivity contribution in [2.24, 2.45) is 11.8 Å². The lowest BCUT2D eigenvalue weighted by molar-refractivity contribution is -0.127. The van der Waals surface area contributed by atoms with Gasteiger partial charge < -0.3 is 4.74 Å². The number of imide groups is 1. The minimum atomic E-state index is -2.20. The summed E-state index contributed by atoms with van der Waals surface area (Å²) in [6, 6.07) is 18.0. The molecule has 3 aromatic rings. The lowest BCUT2D eigenvalue weighted by atomic mass is 9.77. The summed E-state index contributed by atoms with van der Waals surface area (Å²) in [5, 5.41) is 0.440. The van der Waals surface area contributed by atoms with Crippen LogP contribution in [0.4, 0.5) is 10.1 Å². The fraction of sp³-hybridized carbons (Fsp3) is 0.154. The van der Waals surface area contributed by atoms with Gasteiger partial charge in [0, 0.05) is 16.1 Å². The summed E-state index contributed by atoms with van der Waals surface area (Å²) in [5.74, 6) is -6.32. The van der Waals surface area contributed by atoms with E-state index in [9.17, 15) is 23.6 Å². The highest BCUT2D eigenvalue weighted by Crippen LogP contribution is 2.57. The normalized spacial score (nSPS) is 24.8. The Labute approximate surface area is 197 Å². The van der Waals surface area contributed by atoms with E-state index in [1.807, 2.05) is 0 Å². The van der Waals surface area contributed by atoms with Crippen molar-refractivity contribution < 1.29 is 28.3 Å². The minimum Gasteiger partial charge on any atom is -0.349 e. The van der Waals surface area contributed by atoms with Gasteiger partial charge >= 0.3 is 0 Å². The van der Waals surface area contributed by atoms with Gasteiger partial charge in [-0.1, -0.05) is 60.1 Å². The second-order valence-electron chi connectivity index (χ2n) is 8.50. The third-order valence-corrected chi connectivity index (χ3v) is 7.06. The van der Waals surface area contributed by atoms with Crippen LogP contribution in [0.2, 0.25) is 5.02 Å². The van der Waals surface area contributed by atoms with E-state index >= 15 is 0 Å². The van der Waals surface area contributed by atoms with Crippen LogP contribution in [0, 0.1) is 17.7 Å². The van der Waals surface area contributed by atoms with Crippen LogP contribution in [0.3, 0.4) is 0 Å². The second kappa shape index (κ2) is 7.16. The molecule has 1 spiro atoms. The number of halogens is 2. The van der Waals surface area contributed by atoms with Crippen LogP contribution < -0.4 is 4.90 Å². The molecule has 2 fully saturated rings. The molecule has 6 nitrogen and oxygen atoms in total. The molecule has 1 aliphatic carbocycles. The zero-order valence-electron chi connectivity index (χ0n) is 17.4. The number of amides is 2. The van der Waals surface area contributed by atoms with Crippen molar-refractivity contribution in [3.05, 3.63) is 100 Å². The molecule has 0 radical (unpaired) electrons. The molecular weight excluding hydrogens is 461 g/mol. The quantitative estimate of drug-likeness (QED) is 0.410. The summed E-state index contributed by atoms with van der Waals surface area (Å²) in [6.07, 6.45) is -1.09. The van der Waals surface area contributed by atoms with Crippen molar-refractivity contribution in [3.63, 3.8) is 0 Å². The maximum absolute atomic E-state index is 14.6. The number of benzene rings is 3. The average Bonchev–Trinajstić information content (AvgIpc) is 3.40. The van der Waals surface area contributed by atoms with E-state index in [2.05, 4.69) is 0 Å². The van der Waals surface area contributed by atoms with E-state index in [0.29, 0.717) is 10.6 Å². The number of Topliss-reactive ketones (excluding diaryl/α,β-unsaturated/α-hetero) is 2. The minimum absolute atomic E-state index is 0.132. The van der Waals surface area contributed by atoms with Gasteiger partial charge in [0.1, 0.15) is 5.82 Å². The number of nitrogens with zero attached hydrogens (tertiary/aromatic N) is 1. The molecular formula is C26H15ClFNO5. The Morgan fingerprint density at radius 3 is 2.00 bits per heavy atom. The summed E-state index contributed by atoms with van der Waals surface area (Å²) < 4.78 is 20.8. The first-order chi connectivity index (χ1) is 16.4. The highest BCUT2D eigenvalue weighted by molar-refractivity contribution is 6.37. The fourth-order valence-corrected chi connectivity index (χ4v) is 5.47. The first-order valence-electron chi connectivity index (χ1n) is 10.6. The maximum Gasteiger partial charge on any atom is 0.241 e. The van der Waals surface area contributed by atoms with Gasteiger partial charge in [0.2, 0.25) is 29.0 Å². The van der Waals surface area contributed by atoms with E-state index in [0.717, 1.165) is 11.0 Å². The molecule has 2 amide bonds. The highest BCUT2D eigenvalue weighted by Gasteiger charge is 2.74. The summed E-state index contributed by atoms with van der Waals surface area (Å²) in [4.78, 5) is 55.4. The van der Waals surface area contributed by atoms with E-state index in [1.165, 1.54) is 30.3 Å². The second-order valence-corrected chi connectivity index (χ2v) is 8.93. The van der Waals surface area contributed by atoms with Crippen molar-refractivity contribution >= 4 is 40.7 Å². The van der Waals surface area contributed by atoms with Crippen molar-refractivity contribution in [2.45, 2.75) is 11.7 Å². The summed E-state index contributed by atoms with van der Waals surface area (Å²) in [7, 11) is 0. The predicted molar refractivity (Wildman–Crippen MR) is 119 cm³/mol. The van der Waals surface area contributed by atoms with Crippen LogP contribution in [-0.4, -0.2) is 29.0 Å². The third-order valence-electron chi connectivity index (χ3n) is 6.81. The van der Waals surface area contributed by atoms with E-state index < -0.39 is 52.7 Å². The number of hydrogen-bond acceptors (Lipinski definition) is 5. The smallest absolute Gasteiger partial charge is 0.241 e. The number of ketones is 2. The molecule has 8 heteroatoms. The number of rotatable bonds is 2. The van der Waals surface area contributed by atoms with E-state index in [4.69, 9.17) is 16.3 Å². The highest BCUT2D eigenvalue weighted by atomic mass is 35.5. The molecule has 3 aliphatic rings. The summed E-state index contributed by atoms with van der Waals surface area (Å²) in [5.41, 5.74) is -1.69. The van der Waals surface area contributed by atoms with Crippen LogP contribution in [0.15, 0.2) is 72.8 Å². The van der Waals surface area contributed by atoms with Gasteiger partial charge in [-0.15, -0.1) is 0 Å². The Hall–Kier alpha value is -3.68. The SMILES string of the molecule is O=C1C2C(c3ccc(Cl)cc3)OC3(C(=O)c4ccccc4C3=O)C2C(=O)N1c1ccccc1F. The van der Waals surface area contributed by atoms with E-state index in [1.54, 1.807) is 36.4 Å². The van der Waals surface area contributed by atoms with Crippen LogP contribution >= 0.6 is 11.6 Å². The molecule has 6 rings (SSSR count). The average molecular weight is 476 g/mol. The number of carbonyl (C=O) groups excluding carboxylic acids is 4. The molecule has 0 saturated carbocycles. The lowest BCUT2D eigenvalue weighted by Gasteiger charge is -2.27. The lowest BCUT2D eigenvalue weighted by Crippen LogP contribution is -2.51. The molecule has 2 heterocycles. The molecule has 0 bridgehead atoms. The largest absolute Gasteiger partial charge is 0.349 e. The van der Waals surface area contributed by atoms with Crippen LogP contribution in [0.25, 0.3) is 0 Å². The van der Waals surface area contributed by atoms with Crippen molar-refractivity contribution in [1.82, 2.24) is 0 Å². The molecule has 2 saturated heterocycles. The zero-order chi connectivity index (χ0) is 23.8. The summed E-state index contributed by atoms with van der Waals surface area (Å²) >= 11 is 6.01. The number of carbonyl (C=O) groups is 4. The third kappa shape index (κ3) is 2.53. The topological polar surface area (TPSA) is 80.8 Å². The molecule has 3 aromatic carbocycles. The Balaban J connectivity index is 1.56. The fourth-order valence-electron chi connectivity index (χ4n) is 5.34. The van der Waals surface area contributed by atoms with Gasteiger partial charge in [0.25, 0.3) is 0 Å². The molecule has 0 N–H and O–H groups in total. The number of anilines is 1. The van der Waals surface area contributed by atoms with Crippen LogP contribution in [0.5, 0.6) is 0 Å². The van der Waals surface area contributed by atoms with Gasteiger partial charge in [-0.25, -0.2) is 9.29 Å². The van der Waals surface area contributed by atoms with Gasteiger partial charge in [-0.2, -0.15) is 0 Å². The number of ether oxygens (including phenoxy) is 1. The van der Waals surface area contributed by atoms with Crippen molar-refractivity contribution in [3.8, 4) is 0 Å². The standard InChI is InChI=1S/C26H15ClFNO5/c27-14-11-9-13(10-12-14)21-19-20(25(33)29(24(19)32)18-8-4-3-7-17(18)28)26(34-21)22(30)15-5-1-2-6-16(15)23(26)31/h1-12,19-21H. The van der Waals surface area contributed by atoms with Crippen LogP contribution in [-0.2, 0) is 14.3 Å². The number of fused-ring (bicyclic) bond motifs is 3. The van der Waals surface area contributed by atoms with Crippen molar-refractivity contribution in [2.75, 3.05) is 4.90 Å². The monoisotopic (exact) mass is 475 g/mol. The number of hydrogen-bond donors (Lipinski definition) is 0. The molecule has 3 unspecified atom stereocenters. The van der Waals surface area contributed by atoms with Gasteiger partial charge in [-0.3, -0.25) is 19.2 Å². The first kappa shape index (κ1) is 20.9. The van der Waals surface area contributed by atoms with Gasteiger partial charge in [-0.05, 0) is 29.8 Å².